The number of fused-ring (bicyclic) bond motifs is 1. The fraction of sp³-hybridized carbons (Fsp3) is 0.583. The second-order valence-corrected chi connectivity index (χ2v) is 5.23. The van der Waals surface area contributed by atoms with Crippen molar-refractivity contribution in [3.05, 3.63) is 0 Å². The summed E-state index contributed by atoms with van der Waals surface area (Å²) in [4.78, 5) is 41.6. The molecule has 1 unspecified atom stereocenters. The fourth-order valence-corrected chi connectivity index (χ4v) is 2.27. The summed E-state index contributed by atoms with van der Waals surface area (Å²) in [5, 5.41) is 23.0. The van der Waals surface area contributed by atoms with E-state index in [1.54, 1.807) is 0 Å². The van der Waals surface area contributed by atoms with Crippen molar-refractivity contribution in [2.75, 3.05) is 13.1 Å². The summed E-state index contributed by atoms with van der Waals surface area (Å²) in [5.74, 6) is -3.67. The van der Waals surface area contributed by atoms with Crippen LogP contribution in [-0.4, -0.2) is 58.5 Å². The van der Waals surface area contributed by atoms with Gasteiger partial charge in [-0.25, -0.2) is 9.59 Å². The minimum atomic E-state index is -2.26. The first-order valence-corrected chi connectivity index (χ1v) is 6.74. The Morgan fingerprint density at radius 3 is 2.73 bits per heavy atom. The lowest BCUT2D eigenvalue weighted by molar-refractivity contribution is -0.152. The molecule has 22 heavy (non-hydrogen) atoms. The Balaban J connectivity index is 2.11. The smallest absolute Gasteiger partial charge is 0.372 e. The Morgan fingerprint density at radius 2 is 2.09 bits per heavy atom. The maximum absolute atomic E-state index is 11.3. The molecule has 2 heterocycles. The largest absolute Gasteiger partial charge is 0.478 e. The number of nitrogens with two attached hydrogens (primary N) is 1. The van der Waals surface area contributed by atoms with Crippen LogP contribution in [0.4, 0.5) is 0 Å². The molecule has 0 spiro atoms. The number of nitrogens with one attached hydrogen (secondary N) is 2. The highest BCUT2D eigenvalue weighted by Gasteiger charge is 2.40. The van der Waals surface area contributed by atoms with Gasteiger partial charge in [0.1, 0.15) is 5.84 Å². The van der Waals surface area contributed by atoms with Crippen molar-refractivity contribution < 1.29 is 24.6 Å². The van der Waals surface area contributed by atoms with E-state index in [9.17, 15) is 19.5 Å². The van der Waals surface area contributed by atoms with E-state index in [-0.39, 0.29) is 11.9 Å². The topological polar surface area (TPSA) is 166 Å². The molecule has 0 saturated carbocycles. The quantitative estimate of drug-likeness (QED) is 0.291. The first-order chi connectivity index (χ1) is 10.3. The molecule has 6 N–H and O–H groups in total. The zero-order valence-corrected chi connectivity index (χ0v) is 11.7. The number of amidine groups is 1. The number of Topliss-reactive ketones (excluding diaryl/α,β-unsaturated/α-hetero) is 1. The Labute approximate surface area is 125 Å². The molecule has 0 radical (unpaired) electrons. The van der Waals surface area contributed by atoms with Crippen LogP contribution in [0.25, 0.3) is 0 Å². The van der Waals surface area contributed by atoms with Gasteiger partial charge < -0.3 is 20.8 Å². The number of nitrogens with zero attached hydrogens (tertiary/aromatic N) is 2. The average molecular weight is 311 g/mol. The molecule has 10 heteroatoms. The normalized spacial score (nSPS) is 23.0. The molecule has 0 bridgehead atoms. The Hall–Kier alpha value is -2.49. The monoisotopic (exact) mass is 311 g/mol. The maximum atomic E-state index is 11.3. The number of guanidine groups is 1. The number of aliphatic imine (C=N–C) groups is 2. The molecule has 0 aliphatic carbocycles. The molecule has 2 rings (SSSR count). The molecule has 0 saturated heterocycles. The number of hydrogen-bond donors (Lipinski definition) is 5. The number of rotatable bonds is 5. The van der Waals surface area contributed by atoms with Crippen molar-refractivity contribution in [2.24, 2.45) is 21.6 Å². The standard InChI is InChI=1S/C12H17N5O5/c13-12(10(21)22,4-7(18)9(19)20)17-11-15-5-6-2-1-3-14-8(6)16-11/h6H,1-5,13H2,(H,19,20)(H,21,22)(H2,14,15,16,17)/t6?,12-/m0/s1. The number of ketones is 1. The van der Waals surface area contributed by atoms with Crippen LogP contribution in [-0.2, 0) is 14.4 Å². The summed E-state index contributed by atoms with van der Waals surface area (Å²) in [6.45, 7) is 1.10. The van der Waals surface area contributed by atoms with Gasteiger partial charge in [0.2, 0.25) is 5.78 Å². The van der Waals surface area contributed by atoms with Crippen LogP contribution in [0, 0.1) is 5.92 Å². The first-order valence-electron chi connectivity index (χ1n) is 6.74. The van der Waals surface area contributed by atoms with Crippen LogP contribution in [0.1, 0.15) is 19.3 Å². The van der Waals surface area contributed by atoms with E-state index < -0.39 is 29.8 Å². The number of aliphatic carboxylic acids is 2. The number of hydrogen-bond acceptors (Lipinski definition) is 8. The summed E-state index contributed by atoms with van der Waals surface area (Å²) in [6, 6.07) is 0. The average Bonchev–Trinajstić information content (AvgIpc) is 2.46. The van der Waals surface area contributed by atoms with Crippen molar-refractivity contribution in [1.82, 2.24) is 10.6 Å². The van der Waals surface area contributed by atoms with E-state index >= 15 is 0 Å². The van der Waals surface area contributed by atoms with Crippen molar-refractivity contribution in [3.8, 4) is 0 Å². The fourth-order valence-electron chi connectivity index (χ4n) is 2.27. The lowest BCUT2D eigenvalue weighted by Crippen LogP contribution is -2.66. The molecule has 2 aliphatic heterocycles. The van der Waals surface area contributed by atoms with Gasteiger partial charge in [0.05, 0.1) is 13.0 Å². The maximum Gasteiger partial charge on any atom is 0.372 e. The molecule has 2 aliphatic rings. The molecular formula is C12H17N5O5. The first kappa shape index (κ1) is 15.9. The summed E-state index contributed by atoms with van der Waals surface area (Å²) in [5.41, 5.74) is 3.36. The van der Waals surface area contributed by atoms with Crippen molar-refractivity contribution in [2.45, 2.75) is 24.9 Å². The van der Waals surface area contributed by atoms with Gasteiger partial charge in [-0.1, -0.05) is 0 Å². The molecule has 0 aromatic rings. The molecule has 0 fully saturated rings. The summed E-state index contributed by atoms with van der Waals surface area (Å²) in [7, 11) is 0. The Bertz CT molecular complexity index is 572. The van der Waals surface area contributed by atoms with E-state index in [1.807, 2.05) is 0 Å². The molecule has 0 aromatic carbocycles. The minimum Gasteiger partial charge on any atom is -0.478 e. The van der Waals surface area contributed by atoms with Crippen LogP contribution in [0.5, 0.6) is 0 Å². The van der Waals surface area contributed by atoms with Gasteiger partial charge in [0.15, 0.2) is 11.6 Å². The predicted molar refractivity (Wildman–Crippen MR) is 75.4 cm³/mol. The zero-order chi connectivity index (χ0) is 16.3. The molecule has 120 valence electrons. The zero-order valence-electron chi connectivity index (χ0n) is 11.7. The summed E-state index contributed by atoms with van der Waals surface area (Å²) >= 11 is 0. The second kappa shape index (κ2) is 6.10. The highest BCUT2D eigenvalue weighted by Crippen LogP contribution is 2.17. The van der Waals surface area contributed by atoms with Crippen LogP contribution < -0.4 is 16.4 Å². The van der Waals surface area contributed by atoms with Gasteiger partial charge in [-0.15, -0.1) is 0 Å². The van der Waals surface area contributed by atoms with Gasteiger partial charge in [-0.05, 0) is 12.8 Å². The molecule has 10 nitrogen and oxygen atoms in total. The predicted octanol–water partition coefficient (Wildman–Crippen LogP) is -1.87. The Morgan fingerprint density at radius 1 is 1.36 bits per heavy atom. The van der Waals surface area contributed by atoms with Gasteiger partial charge in [-0.2, -0.15) is 0 Å². The number of carboxylic acid groups (broad SMARTS) is 2. The molecular weight excluding hydrogens is 294 g/mol. The second-order valence-electron chi connectivity index (χ2n) is 5.23. The number of carboxylic acids is 2. The van der Waals surface area contributed by atoms with E-state index in [0.717, 1.165) is 12.8 Å². The third-order valence-electron chi connectivity index (χ3n) is 3.50. The van der Waals surface area contributed by atoms with Crippen molar-refractivity contribution >= 4 is 29.5 Å². The van der Waals surface area contributed by atoms with Crippen LogP contribution in [0.15, 0.2) is 9.98 Å². The highest BCUT2D eigenvalue weighted by atomic mass is 16.4. The third kappa shape index (κ3) is 3.39. The highest BCUT2D eigenvalue weighted by molar-refractivity contribution is 6.33. The van der Waals surface area contributed by atoms with Crippen LogP contribution in [0.3, 0.4) is 0 Å². The summed E-state index contributed by atoms with van der Waals surface area (Å²) in [6.07, 6.45) is 0.998. The van der Waals surface area contributed by atoms with Gasteiger partial charge in [0, 0.05) is 12.5 Å². The van der Waals surface area contributed by atoms with E-state index in [2.05, 4.69) is 20.6 Å². The summed E-state index contributed by atoms with van der Waals surface area (Å²) < 4.78 is 0. The Kier molecular flexibility index (Phi) is 4.40. The van der Waals surface area contributed by atoms with E-state index in [0.29, 0.717) is 18.9 Å². The lowest BCUT2D eigenvalue weighted by atomic mass is 9.98. The van der Waals surface area contributed by atoms with Gasteiger partial charge >= 0.3 is 11.9 Å². The van der Waals surface area contributed by atoms with Crippen molar-refractivity contribution in [3.63, 3.8) is 0 Å². The van der Waals surface area contributed by atoms with Gasteiger partial charge in [-0.3, -0.25) is 20.5 Å². The molecule has 0 aromatic heterocycles. The molecule has 0 amide bonds. The molecule has 2 atom stereocenters. The third-order valence-corrected chi connectivity index (χ3v) is 3.50. The SMILES string of the molecule is N[C@@](CC(=O)C(=O)O)(NC1=NCC2CCCN=C2N1)C(=O)O. The van der Waals surface area contributed by atoms with E-state index in [1.165, 1.54) is 0 Å². The lowest BCUT2D eigenvalue weighted by Gasteiger charge is -2.32. The van der Waals surface area contributed by atoms with Crippen molar-refractivity contribution in [1.29, 1.82) is 0 Å². The minimum absolute atomic E-state index is 0.0694. The van der Waals surface area contributed by atoms with Crippen LogP contribution in [0.2, 0.25) is 0 Å². The van der Waals surface area contributed by atoms with Crippen LogP contribution >= 0.6 is 0 Å². The van der Waals surface area contributed by atoms with E-state index in [4.69, 9.17) is 10.8 Å². The number of carbonyl (C=O) groups is 3. The number of carbonyl (C=O) groups excluding carboxylic acids is 1. The van der Waals surface area contributed by atoms with Gasteiger partial charge in [0.25, 0.3) is 0 Å².